The molecule has 0 spiro atoms. The summed E-state index contributed by atoms with van der Waals surface area (Å²) in [6.07, 6.45) is 0.894. The van der Waals surface area contributed by atoms with Gasteiger partial charge in [-0.3, -0.25) is 9.59 Å². The van der Waals surface area contributed by atoms with Gasteiger partial charge in [0, 0.05) is 23.7 Å². The SMILES string of the molecule is CC(C)C(NC(=O)c1ccc(Cl)cc1)C(=O)N1CCC(C)(CN)C1.Cl. The molecule has 0 bridgehead atoms. The van der Waals surface area contributed by atoms with Gasteiger partial charge in [-0.25, -0.2) is 0 Å². The zero-order valence-corrected chi connectivity index (χ0v) is 16.5. The molecule has 2 amide bonds. The second-order valence-electron chi connectivity index (χ2n) is 7.23. The molecule has 1 aromatic carbocycles. The van der Waals surface area contributed by atoms with Gasteiger partial charge in [0.25, 0.3) is 5.91 Å². The standard InChI is InChI=1S/C18H26ClN3O2.ClH/c1-12(2)15(17(24)22-9-8-18(3,10-20)11-22)21-16(23)13-4-6-14(19)7-5-13;/h4-7,12,15H,8-11,20H2,1-3H3,(H,21,23);1H. The van der Waals surface area contributed by atoms with E-state index in [0.29, 0.717) is 30.2 Å². The summed E-state index contributed by atoms with van der Waals surface area (Å²) in [6, 6.07) is 6.08. The summed E-state index contributed by atoms with van der Waals surface area (Å²) in [7, 11) is 0. The van der Waals surface area contributed by atoms with Crippen molar-refractivity contribution in [3.63, 3.8) is 0 Å². The van der Waals surface area contributed by atoms with E-state index in [4.69, 9.17) is 17.3 Å². The number of likely N-dealkylation sites (tertiary alicyclic amines) is 1. The van der Waals surface area contributed by atoms with Crippen molar-refractivity contribution >= 4 is 35.8 Å². The summed E-state index contributed by atoms with van der Waals surface area (Å²) in [5, 5.41) is 3.44. The Labute approximate surface area is 160 Å². The highest BCUT2D eigenvalue weighted by molar-refractivity contribution is 6.30. The number of nitrogens with two attached hydrogens (primary N) is 1. The van der Waals surface area contributed by atoms with E-state index in [9.17, 15) is 9.59 Å². The maximum Gasteiger partial charge on any atom is 0.251 e. The van der Waals surface area contributed by atoms with Gasteiger partial charge in [0.15, 0.2) is 0 Å². The Morgan fingerprint density at radius 2 is 1.92 bits per heavy atom. The van der Waals surface area contributed by atoms with Crippen LogP contribution >= 0.6 is 24.0 Å². The third kappa shape index (κ3) is 5.33. The van der Waals surface area contributed by atoms with Crippen molar-refractivity contribution in [1.29, 1.82) is 0 Å². The summed E-state index contributed by atoms with van der Waals surface area (Å²) >= 11 is 5.85. The molecule has 3 N–H and O–H groups in total. The minimum absolute atomic E-state index is 0. The summed E-state index contributed by atoms with van der Waals surface area (Å²) in [5.74, 6) is -0.303. The molecule has 25 heavy (non-hydrogen) atoms. The van der Waals surface area contributed by atoms with Crippen molar-refractivity contribution in [2.45, 2.75) is 33.2 Å². The van der Waals surface area contributed by atoms with Crippen LogP contribution in [0.15, 0.2) is 24.3 Å². The fraction of sp³-hybridized carbons (Fsp3) is 0.556. The summed E-state index contributed by atoms with van der Waals surface area (Å²) < 4.78 is 0. The lowest BCUT2D eigenvalue weighted by molar-refractivity contribution is -0.133. The van der Waals surface area contributed by atoms with Crippen molar-refractivity contribution in [3.8, 4) is 0 Å². The number of carbonyl (C=O) groups is 2. The first-order chi connectivity index (χ1) is 11.3. The molecule has 5 nitrogen and oxygen atoms in total. The van der Waals surface area contributed by atoms with Crippen LogP contribution in [0.1, 0.15) is 37.6 Å². The zero-order chi connectivity index (χ0) is 17.9. The van der Waals surface area contributed by atoms with Gasteiger partial charge < -0.3 is 16.0 Å². The molecule has 2 unspecified atom stereocenters. The molecule has 1 fully saturated rings. The van der Waals surface area contributed by atoms with Crippen LogP contribution in [0.2, 0.25) is 5.02 Å². The molecule has 0 aromatic heterocycles. The highest BCUT2D eigenvalue weighted by Gasteiger charge is 2.38. The Morgan fingerprint density at radius 1 is 1.32 bits per heavy atom. The molecule has 1 saturated heterocycles. The van der Waals surface area contributed by atoms with E-state index in [-0.39, 0.29) is 35.6 Å². The van der Waals surface area contributed by atoms with Crippen molar-refractivity contribution in [2.24, 2.45) is 17.1 Å². The summed E-state index contributed by atoms with van der Waals surface area (Å²) in [4.78, 5) is 27.1. The van der Waals surface area contributed by atoms with Crippen molar-refractivity contribution in [3.05, 3.63) is 34.9 Å². The van der Waals surface area contributed by atoms with E-state index in [1.54, 1.807) is 24.3 Å². The van der Waals surface area contributed by atoms with E-state index < -0.39 is 6.04 Å². The van der Waals surface area contributed by atoms with Crippen LogP contribution in [0.5, 0.6) is 0 Å². The van der Waals surface area contributed by atoms with Gasteiger partial charge in [-0.05, 0) is 48.6 Å². The molecule has 1 heterocycles. The van der Waals surface area contributed by atoms with E-state index in [1.165, 1.54) is 0 Å². The molecular formula is C18H27Cl2N3O2. The van der Waals surface area contributed by atoms with Crippen LogP contribution in [0.25, 0.3) is 0 Å². The maximum atomic E-state index is 12.9. The van der Waals surface area contributed by atoms with Gasteiger partial charge in [-0.1, -0.05) is 32.4 Å². The van der Waals surface area contributed by atoms with Crippen molar-refractivity contribution in [2.75, 3.05) is 19.6 Å². The average Bonchev–Trinajstić information content (AvgIpc) is 2.95. The number of halogens is 2. The monoisotopic (exact) mass is 387 g/mol. The van der Waals surface area contributed by atoms with Crippen LogP contribution in [-0.2, 0) is 4.79 Å². The smallest absolute Gasteiger partial charge is 0.251 e. The van der Waals surface area contributed by atoms with Gasteiger partial charge in [-0.2, -0.15) is 0 Å². The topological polar surface area (TPSA) is 75.4 Å². The molecule has 0 saturated carbocycles. The molecule has 1 aliphatic heterocycles. The van der Waals surface area contributed by atoms with Gasteiger partial charge in [0.1, 0.15) is 6.04 Å². The first kappa shape index (κ1) is 21.7. The number of rotatable bonds is 5. The molecule has 2 atom stereocenters. The molecule has 1 aliphatic rings. The van der Waals surface area contributed by atoms with E-state index in [1.807, 2.05) is 18.7 Å². The van der Waals surface area contributed by atoms with Gasteiger partial charge in [0.2, 0.25) is 5.91 Å². The maximum absolute atomic E-state index is 12.9. The molecule has 0 aliphatic carbocycles. The molecule has 2 rings (SSSR count). The third-order valence-electron chi connectivity index (χ3n) is 4.69. The second kappa shape index (κ2) is 8.88. The average molecular weight is 388 g/mol. The van der Waals surface area contributed by atoms with E-state index in [2.05, 4.69) is 12.2 Å². The lowest BCUT2D eigenvalue weighted by Gasteiger charge is -2.28. The fourth-order valence-electron chi connectivity index (χ4n) is 2.91. The Kier molecular flexibility index (Phi) is 7.72. The molecule has 1 aromatic rings. The number of benzene rings is 1. The number of hydrogen-bond acceptors (Lipinski definition) is 3. The predicted molar refractivity (Wildman–Crippen MR) is 103 cm³/mol. The number of nitrogens with one attached hydrogen (secondary N) is 1. The third-order valence-corrected chi connectivity index (χ3v) is 4.94. The van der Waals surface area contributed by atoms with Crippen molar-refractivity contribution < 1.29 is 9.59 Å². The lowest BCUT2D eigenvalue weighted by atomic mass is 9.90. The molecule has 0 radical (unpaired) electrons. The zero-order valence-electron chi connectivity index (χ0n) is 14.9. The van der Waals surface area contributed by atoms with Crippen LogP contribution in [0.3, 0.4) is 0 Å². The quantitative estimate of drug-likeness (QED) is 0.815. The van der Waals surface area contributed by atoms with Gasteiger partial charge >= 0.3 is 0 Å². The Hall–Kier alpha value is -1.30. The fourth-order valence-corrected chi connectivity index (χ4v) is 3.04. The molecular weight excluding hydrogens is 361 g/mol. The number of amides is 2. The van der Waals surface area contributed by atoms with Gasteiger partial charge in [-0.15, -0.1) is 12.4 Å². The van der Waals surface area contributed by atoms with Crippen LogP contribution in [-0.4, -0.2) is 42.4 Å². The van der Waals surface area contributed by atoms with Crippen LogP contribution in [0, 0.1) is 11.3 Å². The number of hydrogen-bond donors (Lipinski definition) is 2. The van der Waals surface area contributed by atoms with E-state index >= 15 is 0 Å². The first-order valence-corrected chi connectivity index (χ1v) is 8.69. The lowest BCUT2D eigenvalue weighted by Crippen LogP contribution is -2.51. The van der Waals surface area contributed by atoms with Crippen LogP contribution < -0.4 is 11.1 Å². The van der Waals surface area contributed by atoms with E-state index in [0.717, 1.165) is 6.42 Å². The predicted octanol–water partition coefficient (Wildman–Crippen LogP) is 2.71. The highest BCUT2D eigenvalue weighted by atomic mass is 35.5. The molecule has 140 valence electrons. The minimum atomic E-state index is -0.548. The van der Waals surface area contributed by atoms with Gasteiger partial charge in [0.05, 0.1) is 0 Å². The minimum Gasteiger partial charge on any atom is -0.340 e. The number of carbonyl (C=O) groups excluding carboxylic acids is 2. The van der Waals surface area contributed by atoms with Crippen molar-refractivity contribution in [1.82, 2.24) is 10.2 Å². The highest BCUT2D eigenvalue weighted by Crippen LogP contribution is 2.29. The Bertz CT molecular complexity index is 607. The first-order valence-electron chi connectivity index (χ1n) is 8.31. The second-order valence-corrected chi connectivity index (χ2v) is 7.66. The summed E-state index contributed by atoms with van der Waals surface area (Å²) in [6.45, 7) is 7.85. The van der Waals surface area contributed by atoms with Crippen LogP contribution in [0.4, 0.5) is 0 Å². The Morgan fingerprint density at radius 3 is 2.40 bits per heavy atom. The Balaban J connectivity index is 0.00000312. The molecule has 7 heteroatoms. The normalized spacial score (nSPS) is 21.0. The summed E-state index contributed by atoms with van der Waals surface area (Å²) in [5.41, 5.74) is 6.28. The largest absolute Gasteiger partial charge is 0.340 e. The number of nitrogens with zero attached hydrogens (tertiary/aromatic N) is 1.